The topological polar surface area (TPSA) is 38.4 Å². The van der Waals surface area contributed by atoms with Gasteiger partial charge >= 0.3 is 6.18 Å². The number of aromatic nitrogens is 3. The normalized spacial score (nSPS) is 12.0. The fourth-order valence-electron chi connectivity index (χ4n) is 3.77. The van der Waals surface area contributed by atoms with Crippen LogP contribution >= 0.6 is 0 Å². The van der Waals surface area contributed by atoms with Crippen LogP contribution in [0.3, 0.4) is 0 Å². The van der Waals surface area contributed by atoms with Crippen molar-refractivity contribution in [3.8, 4) is 22.6 Å². The van der Waals surface area contributed by atoms with Crippen molar-refractivity contribution in [3.63, 3.8) is 0 Å². The van der Waals surface area contributed by atoms with Gasteiger partial charge in [-0.1, -0.05) is 24.3 Å². The summed E-state index contributed by atoms with van der Waals surface area (Å²) in [6, 6.07) is 18.8. The van der Waals surface area contributed by atoms with Crippen molar-refractivity contribution in [2.24, 2.45) is 4.99 Å². The first kappa shape index (κ1) is 22.4. The number of alkyl halides is 3. The van der Waals surface area contributed by atoms with Gasteiger partial charge in [0, 0.05) is 42.8 Å². The van der Waals surface area contributed by atoms with Crippen molar-refractivity contribution in [2.45, 2.75) is 20.0 Å². The summed E-state index contributed by atoms with van der Waals surface area (Å²) >= 11 is 0. The summed E-state index contributed by atoms with van der Waals surface area (Å²) in [6.45, 7) is 3.75. The van der Waals surface area contributed by atoms with Crippen LogP contribution in [-0.2, 0) is 6.18 Å². The van der Waals surface area contributed by atoms with E-state index >= 15 is 0 Å². The minimum Gasteiger partial charge on any atom is -0.369 e. The van der Waals surface area contributed by atoms with Gasteiger partial charge in [-0.3, -0.25) is 0 Å². The second kappa shape index (κ2) is 8.61. The molecule has 2 aromatic heterocycles. The summed E-state index contributed by atoms with van der Waals surface area (Å²) in [4.78, 5) is 6.39. The molecule has 0 saturated carbocycles. The van der Waals surface area contributed by atoms with Crippen LogP contribution < -0.4 is 0 Å². The van der Waals surface area contributed by atoms with Gasteiger partial charge in [0.15, 0.2) is 5.82 Å². The summed E-state index contributed by atoms with van der Waals surface area (Å²) in [5, 5.41) is 4.79. The largest absolute Gasteiger partial charge is 0.416 e. The predicted molar refractivity (Wildman–Crippen MR) is 125 cm³/mol. The lowest BCUT2D eigenvalue weighted by atomic mass is 10.1. The van der Waals surface area contributed by atoms with Gasteiger partial charge in [-0.25, -0.2) is 9.67 Å². The van der Waals surface area contributed by atoms with E-state index in [0.717, 1.165) is 28.7 Å². The van der Waals surface area contributed by atoms with E-state index in [4.69, 9.17) is 5.10 Å². The number of rotatable bonds is 5. The van der Waals surface area contributed by atoms with Crippen LogP contribution in [0.25, 0.3) is 22.6 Å². The van der Waals surface area contributed by atoms with Crippen molar-refractivity contribution in [1.29, 1.82) is 0 Å². The minimum atomic E-state index is -4.40. The maximum absolute atomic E-state index is 13.3. The van der Waals surface area contributed by atoms with Crippen molar-refractivity contribution >= 4 is 12.2 Å². The first-order chi connectivity index (χ1) is 15.6. The first-order valence-corrected chi connectivity index (χ1v) is 10.4. The second-order valence-corrected chi connectivity index (χ2v) is 8.01. The van der Waals surface area contributed by atoms with E-state index in [0.29, 0.717) is 17.2 Å². The minimum absolute atomic E-state index is 0.458. The Morgan fingerprint density at radius 3 is 2.27 bits per heavy atom. The van der Waals surface area contributed by atoms with Gasteiger partial charge < -0.3 is 9.47 Å². The number of halogens is 3. The van der Waals surface area contributed by atoms with E-state index in [1.54, 1.807) is 17.1 Å². The monoisotopic (exact) mass is 451 g/mol. The molecule has 33 heavy (non-hydrogen) atoms. The average molecular weight is 451 g/mol. The highest BCUT2D eigenvalue weighted by Crippen LogP contribution is 2.34. The number of aryl methyl sites for hydroxylation is 1. The molecule has 0 aliphatic rings. The molecule has 2 heterocycles. The highest BCUT2D eigenvalue weighted by Gasteiger charge is 2.30. The third-order valence-electron chi connectivity index (χ3n) is 5.25. The number of hydrogen-bond donors (Lipinski definition) is 0. The molecular formula is C25H24F3N5. The Morgan fingerprint density at radius 1 is 0.909 bits per heavy atom. The first-order valence-electron chi connectivity index (χ1n) is 10.4. The predicted octanol–water partition coefficient (Wildman–Crippen LogP) is 6.19. The van der Waals surface area contributed by atoms with Gasteiger partial charge in [-0.05, 0) is 50.2 Å². The molecule has 0 aliphatic carbocycles. The van der Waals surface area contributed by atoms with Gasteiger partial charge in [-0.15, -0.1) is 0 Å². The van der Waals surface area contributed by atoms with Crippen molar-refractivity contribution in [3.05, 3.63) is 83.7 Å². The van der Waals surface area contributed by atoms with E-state index < -0.39 is 11.7 Å². The van der Waals surface area contributed by atoms with E-state index in [1.807, 2.05) is 79.9 Å². The Balaban J connectivity index is 1.83. The Morgan fingerprint density at radius 2 is 1.61 bits per heavy atom. The van der Waals surface area contributed by atoms with E-state index in [9.17, 15) is 13.2 Å². The average Bonchev–Trinajstić information content (AvgIpc) is 3.32. The highest BCUT2D eigenvalue weighted by atomic mass is 19.4. The lowest BCUT2D eigenvalue weighted by molar-refractivity contribution is -0.137. The number of nitrogens with zero attached hydrogens (tertiary/aromatic N) is 5. The van der Waals surface area contributed by atoms with Crippen LogP contribution in [0.4, 0.5) is 19.0 Å². The van der Waals surface area contributed by atoms with Gasteiger partial charge in [-0.2, -0.15) is 18.3 Å². The molecule has 0 bridgehead atoms. The van der Waals surface area contributed by atoms with Crippen LogP contribution in [0.5, 0.6) is 0 Å². The van der Waals surface area contributed by atoms with Crippen molar-refractivity contribution in [2.75, 3.05) is 14.1 Å². The third-order valence-corrected chi connectivity index (χ3v) is 5.25. The smallest absolute Gasteiger partial charge is 0.369 e. The standard InChI is InChI=1S/C25H24F3N5/c1-17-13-22(18(2)32(17)21-12-8-9-19(14-21)25(26,27)28)23-15-24(29-16-31(3)4)33(30-23)20-10-6-5-7-11-20/h5-16H,1-4H3. The summed E-state index contributed by atoms with van der Waals surface area (Å²) < 4.78 is 43.3. The molecule has 0 radical (unpaired) electrons. The molecule has 170 valence electrons. The SMILES string of the molecule is Cc1cc(-c2cc(N=CN(C)C)n(-c3ccccc3)n2)c(C)n1-c1cccc(C(F)(F)F)c1. The van der Waals surface area contributed by atoms with E-state index in [-0.39, 0.29) is 0 Å². The van der Waals surface area contributed by atoms with Gasteiger partial charge in [0.25, 0.3) is 0 Å². The Bertz CT molecular complexity index is 1300. The quantitative estimate of drug-likeness (QED) is 0.268. The molecule has 0 N–H and O–H groups in total. The Hall–Kier alpha value is -3.81. The Kier molecular flexibility index (Phi) is 5.84. The number of benzene rings is 2. The van der Waals surface area contributed by atoms with Crippen LogP contribution in [0.15, 0.2) is 71.7 Å². The van der Waals surface area contributed by atoms with Crippen molar-refractivity contribution in [1.82, 2.24) is 19.2 Å². The molecular weight excluding hydrogens is 427 g/mol. The van der Waals surface area contributed by atoms with Crippen LogP contribution in [0, 0.1) is 13.8 Å². The summed E-state index contributed by atoms with van der Waals surface area (Å²) in [5.74, 6) is 0.647. The molecule has 0 amide bonds. The second-order valence-electron chi connectivity index (χ2n) is 8.01. The maximum atomic E-state index is 13.3. The van der Waals surface area contributed by atoms with E-state index in [2.05, 4.69) is 4.99 Å². The van der Waals surface area contributed by atoms with Crippen LogP contribution in [0.2, 0.25) is 0 Å². The van der Waals surface area contributed by atoms with Crippen LogP contribution in [0.1, 0.15) is 17.0 Å². The summed E-state index contributed by atoms with van der Waals surface area (Å²) in [5.41, 5.74) is 3.78. The third kappa shape index (κ3) is 4.55. The molecule has 0 fully saturated rings. The number of hydrogen-bond acceptors (Lipinski definition) is 2. The number of aliphatic imine (C=N–C) groups is 1. The molecule has 0 atom stereocenters. The lowest BCUT2D eigenvalue weighted by Crippen LogP contribution is -2.07. The van der Waals surface area contributed by atoms with Gasteiger partial charge in [0.05, 0.1) is 23.3 Å². The van der Waals surface area contributed by atoms with Gasteiger partial charge in [0.1, 0.15) is 0 Å². The fourth-order valence-corrected chi connectivity index (χ4v) is 3.77. The molecule has 4 rings (SSSR count). The summed E-state index contributed by atoms with van der Waals surface area (Å²) in [6.07, 6.45) is -2.70. The van der Waals surface area contributed by atoms with E-state index in [1.165, 1.54) is 12.1 Å². The Labute approximate surface area is 190 Å². The van der Waals surface area contributed by atoms with Crippen molar-refractivity contribution < 1.29 is 13.2 Å². The highest BCUT2D eigenvalue weighted by molar-refractivity contribution is 5.70. The molecule has 8 heteroatoms. The zero-order valence-corrected chi connectivity index (χ0v) is 18.8. The van der Waals surface area contributed by atoms with Gasteiger partial charge in [0.2, 0.25) is 0 Å². The molecule has 4 aromatic rings. The lowest BCUT2D eigenvalue weighted by Gasteiger charge is -2.13. The molecule has 0 spiro atoms. The molecule has 2 aromatic carbocycles. The molecule has 0 aliphatic heterocycles. The maximum Gasteiger partial charge on any atom is 0.416 e. The zero-order chi connectivity index (χ0) is 23.8. The number of para-hydroxylation sites is 1. The zero-order valence-electron chi connectivity index (χ0n) is 18.8. The molecule has 5 nitrogen and oxygen atoms in total. The molecule has 0 saturated heterocycles. The molecule has 0 unspecified atom stereocenters. The van der Waals surface area contributed by atoms with Crippen LogP contribution in [-0.4, -0.2) is 39.7 Å². The summed E-state index contributed by atoms with van der Waals surface area (Å²) in [7, 11) is 3.77. The fraction of sp³-hybridized carbons (Fsp3) is 0.200.